The molecular formula is C35H42ClN3O6. The molecule has 3 saturated heterocycles. The number of rotatable bonds is 13. The third-order valence-electron chi connectivity index (χ3n) is 9.55. The molecule has 2 aromatic carbocycles. The van der Waals surface area contributed by atoms with Gasteiger partial charge in [0, 0.05) is 18.8 Å². The van der Waals surface area contributed by atoms with Gasteiger partial charge in [0.2, 0.25) is 11.8 Å². The number of amides is 3. The van der Waals surface area contributed by atoms with E-state index in [4.69, 9.17) is 21.1 Å². The van der Waals surface area contributed by atoms with Crippen molar-refractivity contribution in [1.29, 1.82) is 0 Å². The molecule has 3 aliphatic rings. The average Bonchev–Trinajstić information content (AvgIpc) is 3.60. The Morgan fingerprint density at radius 3 is 2.36 bits per heavy atom. The maximum Gasteiger partial charge on any atom is 0.253 e. The summed E-state index contributed by atoms with van der Waals surface area (Å²) >= 11 is 6.57. The van der Waals surface area contributed by atoms with E-state index < -0.39 is 41.0 Å². The molecule has 2 aromatic rings. The third kappa shape index (κ3) is 5.34. The maximum absolute atomic E-state index is 14.8. The Kier molecular flexibility index (Phi) is 9.44. The molecule has 9 nitrogen and oxygen atoms in total. The van der Waals surface area contributed by atoms with Crippen LogP contribution in [0.2, 0.25) is 5.02 Å². The SMILES string of the molecule is C=CCN(C(=O)[C@H]1[C@H]2C(=O)N([C@@H](CC)CO)C(C(=O)N(CC=C)c3ccccc3Cl)C23CC[C@]1(C)O3)c1ccc(OCC)cc1. The highest BCUT2D eigenvalue weighted by Gasteiger charge is 2.79. The van der Waals surface area contributed by atoms with E-state index in [0.29, 0.717) is 48.0 Å². The lowest BCUT2D eigenvalue weighted by atomic mass is 9.66. The standard InChI is InChI=1S/C35H42ClN3O6/c1-6-20-37(24-14-16-25(17-15-24)44-9-4)31(41)28-29-32(42)39(23(8-3)22-40)30(35(29)19-18-34(28,5)45-35)33(43)38(21-7-2)27-13-11-10-12-26(27)36/h6-7,10-17,23,28-30,40H,1-2,8-9,18-22H2,3-5H3/t23-,28+,29-,30?,34-,35?/m0/s1. The van der Waals surface area contributed by atoms with Gasteiger partial charge in [0.1, 0.15) is 17.4 Å². The van der Waals surface area contributed by atoms with E-state index in [0.717, 1.165) is 0 Å². The molecule has 3 aliphatic heterocycles. The molecule has 3 amide bonds. The minimum absolute atomic E-state index is 0.141. The van der Waals surface area contributed by atoms with Crippen LogP contribution in [-0.4, -0.2) is 77.3 Å². The van der Waals surface area contributed by atoms with Crippen LogP contribution in [0.4, 0.5) is 11.4 Å². The highest BCUT2D eigenvalue weighted by Crippen LogP contribution is 2.64. The minimum atomic E-state index is -1.27. The number of halogens is 1. The summed E-state index contributed by atoms with van der Waals surface area (Å²) in [6, 6.07) is 12.5. The quantitative estimate of drug-likeness (QED) is 0.311. The van der Waals surface area contributed by atoms with Gasteiger partial charge in [-0.25, -0.2) is 0 Å². The zero-order valence-corrected chi connectivity index (χ0v) is 26.9. The summed E-state index contributed by atoms with van der Waals surface area (Å²) in [5.41, 5.74) is -1.14. The first-order chi connectivity index (χ1) is 21.6. The molecule has 1 N–H and O–H groups in total. The first-order valence-corrected chi connectivity index (χ1v) is 15.9. The number of hydrogen-bond acceptors (Lipinski definition) is 6. The number of carbonyl (C=O) groups excluding carboxylic acids is 3. The second-order valence-electron chi connectivity index (χ2n) is 12.1. The Morgan fingerprint density at radius 1 is 1.09 bits per heavy atom. The molecule has 3 heterocycles. The second-order valence-corrected chi connectivity index (χ2v) is 12.5. The van der Waals surface area contributed by atoms with Crippen molar-refractivity contribution in [2.75, 3.05) is 36.1 Å². The molecule has 0 aromatic heterocycles. The number of ether oxygens (including phenoxy) is 2. The number of nitrogens with zero attached hydrogens (tertiary/aromatic N) is 3. The van der Waals surface area contributed by atoms with Crippen LogP contribution >= 0.6 is 11.6 Å². The molecule has 10 heteroatoms. The zero-order chi connectivity index (χ0) is 32.5. The van der Waals surface area contributed by atoms with Gasteiger partial charge in [-0.2, -0.15) is 0 Å². The van der Waals surface area contributed by atoms with Crippen molar-refractivity contribution in [3.05, 3.63) is 78.9 Å². The molecular weight excluding hydrogens is 594 g/mol. The van der Waals surface area contributed by atoms with Crippen molar-refractivity contribution in [1.82, 2.24) is 4.90 Å². The molecule has 3 fully saturated rings. The summed E-state index contributed by atoms with van der Waals surface area (Å²) in [7, 11) is 0. The number of para-hydroxylation sites is 1. The Bertz CT molecular complexity index is 1460. The number of aliphatic hydroxyl groups is 1. The number of fused-ring (bicyclic) bond motifs is 1. The van der Waals surface area contributed by atoms with Gasteiger partial charge in [0.25, 0.3) is 5.91 Å². The van der Waals surface area contributed by atoms with Gasteiger partial charge in [0.05, 0.1) is 47.4 Å². The second kappa shape index (κ2) is 13.0. The van der Waals surface area contributed by atoms with Crippen LogP contribution in [0.1, 0.15) is 40.0 Å². The Morgan fingerprint density at radius 2 is 1.76 bits per heavy atom. The van der Waals surface area contributed by atoms with Gasteiger partial charge in [-0.3, -0.25) is 14.4 Å². The van der Waals surface area contributed by atoms with E-state index in [2.05, 4.69) is 13.2 Å². The summed E-state index contributed by atoms with van der Waals surface area (Å²) in [5, 5.41) is 10.8. The molecule has 0 radical (unpaired) electrons. The van der Waals surface area contributed by atoms with Crippen LogP contribution in [0.3, 0.4) is 0 Å². The van der Waals surface area contributed by atoms with Crippen molar-refractivity contribution in [2.24, 2.45) is 11.8 Å². The van der Waals surface area contributed by atoms with Crippen LogP contribution in [0, 0.1) is 11.8 Å². The van der Waals surface area contributed by atoms with Gasteiger partial charge in [-0.05, 0) is 69.5 Å². The minimum Gasteiger partial charge on any atom is -0.494 e. The molecule has 240 valence electrons. The topological polar surface area (TPSA) is 99.6 Å². The summed E-state index contributed by atoms with van der Waals surface area (Å²) < 4.78 is 12.4. The molecule has 1 spiro atoms. The van der Waals surface area contributed by atoms with Gasteiger partial charge in [-0.1, -0.05) is 42.8 Å². The van der Waals surface area contributed by atoms with Gasteiger partial charge >= 0.3 is 0 Å². The van der Waals surface area contributed by atoms with Gasteiger partial charge in [0.15, 0.2) is 0 Å². The largest absolute Gasteiger partial charge is 0.494 e. The van der Waals surface area contributed by atoms with Gasteiger partial charge < -0.3 is 29.3 Å². The van der Waals surface area contributed by atoms with Crippen molar-refractivity contribution in [3.63, 3.8) is 0 Å². The van der Waals surface area contributed by atoms with Crippen LogP contribution in [0.5, 0.6) is 5.75 Å². The molecule has 45 heavy (non-hydrogen) atoms. The summed E-state index contributed by atoms with van der Waals surface area (Å²) in [5.74, 6) is -2.14. The number of likely N-dealkylation sites (tertiary alicyclic amines) is 1. The lowest BCUT2D eigenvalue weighted by molar-refractivity contribution is -0.148. The molecule has 2 bridgehead atoms. The van der Waals surface area contributed by atoms with Gasteiger partial charge in [-0.15, -0.1) is 13.2 Å². The van der Waals surface area contributed by atoms with Crippen molar-refractivity contribution in [2.45, 2.75) is 63.3 Å². The zero-order valence-electron chi connectivity index (χ0n) is 26.2. The fourth-order valence-corrected chi connectivity index (χ4v) is 7.83. The van der Waals surface area contributed by atoms with Crippen molar-refractivity contribution >= 4 is 40.7 Å². The fourth-order valence-electron chi connectivity index (χ4n) is 7.59. The number of carbonyl (C=O) groups is 3. The van der Waals surface area contributed by atoms with E-state index in [1.54, 1.807) is 53.5 Å². The van der Waals surface area contributed by atoms with Crippen LogP contribution in [-0.2, 0) is 19.1 Å². The monoisotopic (exact) mass is 635 g/mol. The number of anilines is 2. The molecule has 2 unspecified atom stereocenters. The van der Waals surface area contributed by atoms with Crippen LogP contribution in [0.15, 0.2) is 73.8 Å². The predicted octanol–water partition coefficient (Wildman–Crippen LogP) is 5.01. The third-order valence-corrected chi connectivity index (χ3v) is 9.87. The van der Waals surface area contributed by atoms with E-state index in [-0.39, 0.29) is 31.5 Å². The van der Waals surface area contributed by atoms with Crippen LogP contribution in [0.25, 0.3) is 0 Å². The lowest BCUT2D eigenvalue weighted by Gasteiger charge is -2.39. The normalized spacial score (nSPS) is 27.2. The van der Waals surface area contributed by atoms with E-state index in [1.165, 1.54) is 9.80 Å². The van der Waals surface area contributed by atoms with Crippen molar-refractivity contribution < 1.29 is 29.0 Å². The summed E-state index contributed by atoms with van der Waals surface area (Å²) in [6.07, 6.45) is 4.55. The van der Waals surface area contributed by atoms with Crippen LogP contribution < -0.4 is 14.5 Å². The summed E-state index contributed by atoms with van der Waals surface area (Å²) in [4.78, 5) is 48.7. The Labute approximate surface area is 270 Å². The molecule has 5 rings (SSSR count). The first-order valence-electron chi connectivity index (χ1n) is 15.6. The molecule has 6 atom stereocenters. The van der Waals surface area contributed by atoms with E-state index >= 15 is 0 Å². The maximum atomic E-state index is 14.8. The van der Waals surface area contributed by atoms with E-state index in [9.17, 15) is 19.5 Å². The van der Waals surface area contributed by atoms with Crippen molar-refractivity contribution in [3.8, 4) is 5.75 Å². The highest BCUT2D eigenvalue weighted by molar-refractivity contribution is 6.34. The highest BCUT2D eigenvalue weighted by atomic mass is 35.5. The predicted molar refractivity (Wildman–Crippen MR) is 174 cm³/mol. The first kappa shape index (κ1) is 32.7. The van der Waals surface area contributed by atoms with E-state index in [1.807, 2.05) is 32.9 Å². The lowest BCUT2D eigenvalue weighted by Crippen LogP contribution is -2.59. The Hall–Kier alpha value is -3.66. The fraction of sp³-hybridized carbons (Fsp3) is 0.457. The number of benzene rings is 2. The average molecular weight is 636 g/mol. The summed E-state index contributed by atoms with van der Waals surface area (Å²) in [6.45, 7) is 13.9. The number of aliphatic hydroxyl groups excluding tert-OH is 1. The Balaban J connectivity index is 1.60. The number of hydrogen-bond donors (Lipinski definition) is 1. The molecule has 0 saturated carbocycles. The smallest absolute Gasteiger partial charge is 0.253 e. The molecule has 0 aliphatic carbocycles.